The van der Waals surface area contributed by atoms with E-state index in [9.17, 15) is 19.2 Å². The Morgan fingerprint density at radius 2 is 1.89 bits per heavy atom. The lowest BCUT2D eigenvalue weighted by molar-refractivity contribution is -0.137. The lowest BCUT2D eigenvalue weighted by Crippen LogP contribution is -2.52. The van der Waals surface area contributed by atoms with Gasteiger partial charge in [0, 0.05) is 49.5 Å². The van der Waals surface area contributed by atoms with Crippen molar-refractivity contribution >= 4 is 35.0 Å². The van der Waals surface area contributed by atoms with E-state index in [0.717, 1.165) is 29.9 Å². The molecule has 3 heterocycles. The van der Waals surface area contributed by atoms with Crippen LogP contribution < -0.4 is 20.9 Å². The molecule has 0 bridgehead atoms. The Morgan fingerprint density at radius 1 is 1.08 bits per heavy atom. The summed E-state index contributed by atoms with van der Waals surface area (Å²) < 4.78 is 0. The summed E-state index contributed by atoms with van der Waals surface area (Å²) in [6.07, 6.45) is 3.03. The van der Waals surface area contributed by atoms with Crippen LogP contribution in [0.3, 0.4) is 0 Å². The highest BCUT2D eigenvalue weighted by atomic mass is 16.2. The number of amides is 4. The molecule has 36 heavy (non-hydrogen) atoms. The molecule has 4 amide bonds. The fraction of sp³-hybridized carbons (Fsp3) is 0.407. The molecule has 0 aromatic heterocycles. The Labute approximate surface area is 210 Å². The van der Waals surface area contributed by atoms with Gasteiger partial charge in [-0.25, -0.2) is 0 Å². The number of hydrogen-bond acceptors (Lipinski definition) is 6. The quantitative estimate of drug-likeness (QED) is 0.514. The zero-order valence-corrected chi connectivity index (χ0v) is 20.4. The van der Waals surface area contributed by atoms with Crippen LogP contribution in [0.25, 0.3) is 0 Å². The maximum absolute atomic E-state index is 12.8. The third-order valence-electron chi connectivity index (χ3n) is 7.17. The van der Waals surface area contributed by atoms with Crippen LogP contribution >= 0.6 is 0 Å². The summed E-state index contributed by atoms with van der Waals surface area (Å²) in [5.41, 5.74) is 5.63. The van der Waals surface area contributed by atoms with Crippen molar-refractivity contribution in [3.63, 3.8) is 0 Å². The fourth-order valence-corrected chi connectivity index (χ4v) is 5.26. The van der Waals surface area contributed by atoms with Gasteiger partial charge in [0.1, 0.15) is 6.04 Å². The first-order valence-corrected chi connectivity index (χ1v) is 12.5. The van der Waals surface area contributed by atoms with Gasteiger partial charge in [0.25, 0.3) is 5.91 Å². The van der Waals surface area contributed by atoms with E-state index in [1.807, 2.05) is 18.2 Å². The van der Waals surface area contributed by atoms with Crippen LogP contribution in [0.1, 0.15) is 52.7 Å². The summed E-state index contributed by atoms with van der Waals surface area (Å²) in [5, 5.41) is 8.42. The van der Waals surface area contributed by atoms with Gasteiger partial charge in [-0.3, -0.25) is 24.5 Å². The minimum absolute atomic E-state index is 0.127. The summed E-state index contributed by atoms with van der Waals surface area (Å²) in [6, 6.07) is 11.0. The van der Waals surface area contributed by atoms with Gasteiger partial charge in [0.15, 0.2) is 0 Å². The van der Waals surface area contributed by atoms with Gasteiger partial charge in [-0.05, 0) is 67.1 Å². The van der Waals surface area contributed by atoms with Gasteiger partial charge < -0.3 is 20.4 Å². The third-order valence-corrected chi connectivity index (χ3v) is 7.17. The molecule has 0 saturated carbocycles. The smallest absolute Gasteiger partial charge is 0.255 e. The second kappa shape index (κ2) is 10.0. The van der Waals surface area contributed by atoms with E-state index < -0.39 is 11.9 Å². The summed E-state index contributed by atoms with van der Waals surface area (Å²) in [6.45, 7) is 5.11. The van der Waals surface area contributed by atoms with Crippen molar-refractivity contribution in [2.24, 2.45) is 0 Å². The van der Waals surface area contributed by atoms with Crippen molar-refractivity contribution in [3.8, 4) is 0 Å². The van der Waals surface area contributed by atoms with Gasteiger partial charge in [-0.1, -0.05) is 12.1 Å². The van der Waals surface area contributed by atoms with Gasteiger partial charge in [0.2, 0.25) is 17.7 Å². The minimum Gasteiger partial charge on any atom is -0.376 e. The summed E-state index contributed by atoms with van der Waals surface area (Å²) in [7, 11) is 0. The molecule has 3 aliphatic heterocycles. The molecule has 1 unspecified atom stereocenters. The molecule has 3 N–H and O–H groups in total. The number of carbonyl (C=O) groups excluding carboxylic acids is 4. The number of imide groups is 1. The third kappa shape index (κ3) is 4.91. The Bertz CT molecular complexity index is 1220. The molecule has 2 aromatic carbocycles. The highest BCUT2D eigenvalue weighted by Gasteiger charge is 2.39. The summed E-state index contributed by atoms with van der Waals surface area (Å²) in [4.78, 5) is 52.8. The monoisotopic (exact) mass is 489 g/mol. The van der Waals surface area contributed by atoms with E-state index in [1.54, 1.807) is 6.07 Å². The molecule has 188 valence electrons. The van der Waals surface area contributed by atoms with Gasteiger partial charge in [-0.2, -0.15) is 0 Å². The predicted molar refractivity (Wildman–Crippen MR) is 135 cm³/mol. The number of nitrogens with one attached hydrogen (secondary N) is 3. The SMILES string of the molecule is Cc1cc(NCC(=O)NCc2ccc3c(c2)CN(C2CCC(=O)NC2=O)C3=O)ccc1N1CCCC1. The normalized spacial score (nSPS) is 19.4. The molecular formula is C27H31N5O4. The van der Waals surface area contributed by atoms with Crippen LogP contribution in [-0.4, -0.2) is 54.2 Å². The number of hydrogen-bond donors (Lipinski definition) is 3. The molecule has 2 aromatic rings. The highest BCUT2D eigenvalue weighted by molar-refractivity contribution is 6.05. The number of rotatable bonds is 7. The summed E-state index contributed by atoms with van der Waals surface area (Å²) >= 11 is 0. The second-order valence-corrected chi connectivity index (χ2v) is 9.72. The highest BCUT2D eigenvalue weighted by Crippen LogP contribution is 2.29. The van der Waals surface area contributed by atoms with E-state index in [2.05, 4.69) is 39.9 Å². The lowest BCUT2D eigenvalue weighted by atomic mass is 10.0. The average molecular weight is 490 g/mol. The topological polar surface area (TPSA) is 111 Å². The van der Waals surface area contributed by atoms with E-state index >= 15 is 0 Å². The number of anilines is 2. The Hall–Kier alpha value is -3.88. The number of nitrogens with zero attached hydrogens (tertiary/aromatic N) is 2. The molecular weight excluding hydrogens is 458 g/mol. The molecule has 2 saturated heterocycles. The molecule has 5 rings (SSSR count). The van der Waals surface area contributed by atoms with Crippen molar-refractivity contribution in [2.45, 2.75) is 51.7 Å². The van der Waals surface area contributed by atoms with Crippen molar-refractivity contribution in [1.82, 2.24) is 15.5 Å². The van der Waals surface area contributed by atoms with Crippen LogP contribution in [-0.2, 0) is 27.5 Å². The largest absolute Gasteiger partial charge is 0.376 e. The van der Waals surface area contributed by atoms with Crippen LogP contribution in [0, 0.1) is 6.92 Å². The first-order valence-electron chi connectivity index (χ1n) is 12.5. The van der Waals surface area contributed by atoms with E-state index in [-0.39, 0.29) is 30.7 Å². The summed E-state index contributed by atoms with van der Waals surface area (Å²) in [5.74, 6) is -1.06. The molecule has 0 aliphatic carbocycles. The van der Waals surface area contributed by atoms with E-state index in [0.29, 0.717) is 25.1 Å². The molecule has 2 fully saturated rings. The molecule has 1 atom stereocenters. The van der Waals surface area contributed by atoms with Crippen LogP contribution in [0.15, 0.2) is 36.4 Å². The minimum atomic E-state index is -0.634. The number of aryl methyl sites for hydroxylation is 1. The van der Waals surface area contributed by atoms with Gasteiger partial charge >= 0.3 is 0 Å². The number of piperidine rings is 1. The Morgan fingerprint density at radius 3 is 2.64 bits per heavy atom. The van der Waals surface area contributed by atoms with Crippen molar-refractivity contribution in [1.29, 1.82) is 0 Å². The van der Waals surface area contributed by atoms with E-state index in [1.165, 1.54) is 29.0 Å². The van der Waals surface area contributed by atoms with Crippen molar-refractivity contribution in [2.75, 3.05) is 29.9 Å². The van der Waals surface area contributed by atoms with Crippen molar-refractivity contribution < 1.29 is 19.2 Å². The molecule has 0 radical (unpaired) electrons. The first kappa shape index (κ1) is 23.8. The van der Waals surface area contributed by atoms with E-state index in [4.69, 9.17) is 0 Å². The first-order chi connectivity index (χ1) is 17.4. The van der Waals surface area contributed by atoms with Crippen LogP contribution in [0.4, 0.5) is 11.4 Å². The lowest BCUT2D eigenvalue weighted by Gasteiger charge is -2.29. The van der Waals surface area contributed by atoms with Gasteiger partial charge in [0.05, 0.1) is 6.54 Å². The fourth-order valence-electron chi connectivity index (χ4n) is 5.26. The maximum Gasteiger partial charge on any atom is 0.255 e. The Kier molecular flexibility index (Phi) is 6.63. The molecule has 3 aliphatic rings. The molecule has 9 nitrogen and oxygen atoms in total. The zero-order valence-electron chi connectivity index (χ0n) is 20.4. The number of carbonyl (C=O) groups is 4. The van der Waals surface area contributed by atoms with Gasteiger partial charge in [-0.15, -0.1) is 0 Å². The maximum atomic E-state index is 12.8. The number of fused-ring (bicyclic) bond motifs is 1. The Balaban J connectivity index is 1.13. The number of benzene rings is 2. The van der Waals surface area contributed by atoms with Crippen LogP contribution in [0.2, 0.25) is 0 Å². The standard InChI is InChI=1S/C27H31N5O4/c1-17-12-20(5-7-22(17)31-10-2-3-11-31)28-15-25(34)29-14-18-4-6-21-19(13-18)16-32(27(21)36)23-8-9-24(33)30-26(23)35/h4-7,12-13,23,28H,2-3,8-11,14-16H2,1H3,(H,29,34)(H,30,33,35). The molecule has 9 heteroatoms. The second-order valence-electron chi connectivity index (χ2n) is 9.72. The zero-order chi connectivity index (χ0) is 25.2. The van der Waals surface area contributed by atoms with Crippen LogP contribution in [0.5, 0.6) is 0 Å². The predicted octanol–water partition coefficient (Wildman–Crippen LogP) is 2.08. The molecule has 0 spiro atoms. The van der Waals surface area contributed by atoms with Crippen molar-refractivity contribution in [3.05, 3.63) is 58.7 Å². The average Bonchev–Trinajstić information content (AvgIpc) is 3.50.